The van der Waals surface area contributed by atoms with E-state index in [0.29, 0.717) is 5.56 Å². The Labute approximate surface area is 78.9 Å². The summed E-state index contributed by atoms with van der Waals surface area (Å²) in [5.41, 5.74) is -0.980. The van der Waals surface area contributed by atoms with Crippen LogP contribution in [0, 0.1) is 0 Å². The van der Waals surface area contributed by atoms with Gasteiger partial charge in [-0.2, -0.15) is 13.2 Å². The molecule has 0 aliphatic heterocycles. The number of hydrogen-bond donors (Lipinski definition) is 0. The summed E-state index contributed by atoms with van der Waals surface area (Å²) in [5.74, 6) is 0. The van der Waals surface area contributed by atoms with Crippen LogP contribution >= 0.6 is 0 Å². The fraction of sp³-hybridized carbons (Fsp3) is 0.100. The van der Waals surface area contributed by atoms with E-state index in [2.05, 4.69) is 0 Å². The van der Waals surface area contributed by atoms with Crippen LogP contribution in [0.3, 0.4) is 0 Å². The maximum Gasteiger partial charge on any atom is 0.420 e. The molecule has 1 aromatic rings. The predicted molar refractivity (Wildman–Crippen MR) is 46.2 cm³/mol. The van der Waals surface area contributed by atoms with Gasteiger partial charge in [0, 0.05) is 0 Å². The highest BCUT2D eigenvalue weighted by atomic mass is 19.4. The molecular weight excluding hydrogens is 193 g/mol. The molecule has 0 aromatic heterocycles. The van der Waals surface area contributed by atoms with Crippen molar-refractivity contribution in [2.75, 3.05) is 0 Å². The lowest BCUT2D eigenvalue weighted by atomic mass is 10.1. The number of benzene rings is 1. The first-order valence-electron chi connectivity index (χ1n) is 3.76. The van der Waals surface area contributed by atoms with Gasteiger partial charge in [0.2, 0.25) is 6.29 Å². The van der Waals surface area contributed by atoms with Crippen LogP contribution in [0.2, 0.25) is 0 Å². The summed E-state index contributed by atoms with van der Waals surface area (Å²) < 4.78 is 36.2. The average Bonchev–Trinajstić information content (AvgIpc) is 2.14. The normalized spacial score (nSPS) is 12.6. The quantitative estimate of drug-likeness (QED) is 0.669. The third-order valence-electron chi connectivity index (χ3n) is 1.53. The van der Waals surface area contributed by atoms with Crippen molar-refractivity contribution in [3.63, 3.8) is 0 Å². The van der Waals surface area contributed by atoms with E-state index in [1.165, 1.54) is 12.1 Å². The van der Waals surface area contributed by atoms with E-state index in [-0.39, 0.29) is 0 Å². The maximum absolute atomic E-state index is 12.1. The van der Waals surface area contributed by atoms with Gasteiger partial charge in [0.15, 0.2) is 0 Å². The van der Waals surface area contributed by atoms with Crippen molar-refractivity contribution < 1.29 is 18.0 Å². The standard InChI is InChI=1S/C10H6F3O/c11-10(12,13)9(7-14)6-8-4-2-1-3-5-8/h1-6H/b9-6+. The van der Waals surface area contributed by atoms with Crippen molar-refractivity contribution in [3.05, 3.63) is 41.5 Å². The highest BCUT2D eigenvalue weighted by Gasteiger charge is 2.33. The fourth-order valence-corrected chi connectivity index (χ4v) is 0.885. The number of carbonyl (C=O) groups excluding carboxylic acids is 1. The molecule has 0 unspecified atom stereocenters. The summed E-state index contributed by atoms with van der Waals surface area (Å²) in [6.07, 6.45) is -3.01. The lowest BCUT2D eigenvalue weighted by molar-refractivity contribution is -0.0852. The molecule has 0 saturated carbocycles. The minimum atomic E-state index is -4.64. The van der Waals surface area contributed by atoms with Gasteiger partial charge < -0.3 is 0 Å². The van der Waals surface area contributed by atoms with Crippen LogP contribution in [0.1, 0.15) is 5.56 Å². The molecule has 0 spiro atoms. The zero-order chi connectivity index (χ0) is 10.6. The zero-order valence-electron chi connectivity index (χ0n) is 7.01. The smallest absolute Gasteiger partial charge is 0.285 e. The van der Waals surface area contributed by atoms with Gasteiger partial charge in [-0.25, -0.2) is 0 Å². The van der Waals surface area contributed by atoms with E-state index in [1.807, 2.05) is 0 Å². The lowest BCUT2D eigenvalue weighted by Crippen LogP contribution is -2.12. The Hall–Kier alpha value is -1.58. The van der Waals surface area contributed by atoms with Crippen LogP contribution in [0.4, 0.5) is 13.2 Å². The van der Waals surface area contributed by atoms with Gasteiger partial charge >= 0.3 is 6.18 Å². The number of halogens is 3. The minimum Gasteiger partial charge on any atom is -0.285 e. The summed E-state index contributed by atoms with van der Waals surface area (Å²) in [4.78, 5) is 10.0. The fourth-order valence-electron chi connectivity index (χ4n) is 0.885. The van der Waals surface area contributed by atoms with E-state index in [0.717, 1.165) is 12.4 Å². The molecule has 0 aliphatic rings. The van der Waals surface area contributed by atoms with Gasteiger partial charge in [-0.1, -0.05) is 30.3 Å². The Morgan fingerprint density at radius 1 is 1.21 bits per heavy atom. The topological polar surface area (TPSA) is 17.1 Å². The second-order valence-corrected chi connectivity index (χ2v) is 2.57. The summed E-state index contributed by atoms with van der Waals surface area (Å²) in [6, 6.07) is 7.80. The molecular formula is C10H6F3O. The minimum absolute atomic E-state index is 0.322. The molecule has 0 bridgehead atoms. The third-order valence-corrected chi connectivity index (χ3v) is 1.53. The molecule has 0 saturated heterocycles. The molecule has 1 rings (SSSR count). The third kappa shape index (κ3) is 2.73. The van der Waals surface area contributed by atoms with Crippen molar-refractivity contribution in [3.8, 4) is 0 Å². The summed E-state index contributed by atoms with van der Waals surface area (Å²) in [7, 11) is 0. The number of alkyl halides is 3. The van der Waals surface area contributed by atoms with Crippen LogP contribution in [-0.2, 0) is 4.79 Å². The molecule has 0 amide bonds. The Morgan fingerprint density at radius 2 is 1.79 bits per heavy atom. The van der Waals surface area contributed by atoms with Crippen molar-refractivity contribution in [2.24, 2.45) is 0 Å². The van der Waals surface area contributed by atoms with Crippen molar-refractivity contribution in [2.45, 2.75) is 6.18 Å². The Morgan fingerprint density at radius 3 is 2.21 bits per heavy atom. The van der Waals surface area contributed by atoms with Crippen LogP contribution in [0.15, 0.2) is 35.9 Å². The van der Waals surface area contributed by atoms with Crippen LogP contribution < -0.4 is 0 Å². The molecule has 1 radical (unpaired) electrons. The molecule has 14 heavy (non-hydrogen) atoms. The van der Waals surface area contributed by atoms with Crippen LogP contribution in [0.5, 0.6) is 0 Å². The van der Waals surface area contributed by atoms with E-state index >= 15 is 0 Å². The van der Waals surface area contributed by atoms with Gasteiger partial charge in [0.25, 0.3) is 0 Å². The zero-order valence-corrected chi connectivity index (χ0v) is 7.01. The van der Waals surface area contributed by atoms with Gasteiger partial charge in [-0.3, -0.25) is 4.79 Å². The van der Waals surface area contributed by atoms with E-state index in [1.54, 1.807) is 18.2 Å². The van der Waals surface area contributed by atoms with Crippen molar-refractivity contribution >= 4 is 12.4 Å². The van der Waals surface area contributed by atoms with E-state index in [9.17, 15) is 18.0 Å². The highest BCUT2D eigenvalue weighted by molar-refractivity contribution is 5.83. The second-order valence-electron chi connectivity index (χ2n) is 2.57. The predicted octanol–water partition coefficient (Wildman–Crippen LogP) is 2.74. The SMILES string of the molecule is O=[C]/C(=C\c1ccccc1)C(F)(F)F. The van der Waals surface area contributed by atoms with Gasteiger partial charge in [0.1, 0.15) is 5.57 Å². The van der Waals surface area contributed by atoms with E-state index in [4.69, 9.17) is 0 Å². The van der Waals surface area contributed by atoms with Crippen molar-refractivity contribution in [1.82, 2.24) is 0 Å². The van der Waals surface area contributed by atoms with Gasteiger partial charge in [-0.15, -0.1) is 0 Å². The molecule has 0 N–H and O–H groups in total. The summed E-state index contributed by atoms with van der Waals surface area (Å²) in [5, 5.41) is 0. The van der Waals surface area contributed by atoms with Crippen LogP contribution in [0.25, 0.3) is 6.08 Å². The number of allylic oxidation sites excluding steroid dienone is 1. The Bertz CT molecular complexity index is 338. The first kappa shape index (κ1) is 10.5. The molecule has 0 atom stereocenters. The van der Waals surface area contributed by atoms with Gasteiger partial charge in [-0.05, 0) is 11.6 Å². The first-order chi connectivity index (χ1) is 6.54. The first-order valence-corrected chi connectivity index (χ1v) is 3.76. The highest BCUT2D eigenvalue weighted by Crippen LogP contribution is 2.25. The molecule has 0 fully saturated rings. The monoisotopic (exact) mass is 199 g/mol. The average molecular weight is 199 g/mol. The molecule has 1 nitrogen and oxygen atoms in total. The number of hydrogen-bond acceptors (Lipinski definition) is 1. The van der Waals surface area contributed by atoms with E-state index < -0.39 is 11.7 Å². The lowest BCUT2D eigenvalue weighted by Gasteiger charge is -2.03. The summed E-state index contributed by atoms with van der Waals surface area (Å²) in [6.45, 7) is 0. The Kier molecular flexibility index (Phi) is 3.06. The Balaban J connectivity index is 3.02. The second kappa shape index (κ2) is 4.09. The van der Waals surface area contributed by atoms with Gasteiger partial charge in [0.05, 0.1) is 0 Å². The molecule has 73 valence electrons. The molecule has 0 aliphatic carbocycles. The molecule has 1 aromatic carbocycles. The summed E-state index contributed by atoms with van der Waals surface area (Å²) >= 11 is 0. The number of rotatable bonds is 2. The maximum atomic E-state index is 12.1. The van der Waals surface area contributed by atoms with Crippen LogP contribution in [-0.4, -0.2) is 12.5 Å². The molecule has 0 heterocycles. The molecule has 4 heteroatoms. The largest absolute Gasteiger partial charge is 0.420 e. The van der Waals surface area contributed by atoms with Crippen molar-refractivity contribution in [1.29, 1.82) is 0 Å².